The SMILES string of the molecule is C#CC(CC)NCc1ccc(OC)cc1OC. The average molecular weight is 233 g/mol. The van der Waals surface area contributed by atoms with Gasteiger partial charge in [0.1, 0.15) is 11.5 Å². The van der Waals surface area contributed by atoms with Crippen LogP contribution < -0.4 is 14.8 Å². The molecule has 0 aliphatic carbocycles. The Hall–Kier alpha value is -1.66. The van der Waals surface area contributed by atoms with Crippen LogP contribution in [0.25, 0.3) is 0 Å². The van der Waals surface area contributed by atoms with Crippen LogP contribution in [0.15, 0.2) is 18.2 Å². The molecule has 0 aliphatic heterocycles. The highest BCUT2D eigenvalue weighted by Gasteiger charge is 2.07. The van der Waals surface area contributed by atoms with E-state index in [0.29, 0.717) is 6.54 Å². The molecule has 17 heavy (non-hydrogen) atoms. The van der Waals surface area contributed by atoms with Gasteiger partial charge >= 0.3 is 0 Å². The molecule has 0 aromatic heterocycles. The standard InChI is InChI=1S/C14H19NO2/c1-5-12(6-2)15-10-11-7-8-13(16-3)9-14(11)17-4/h1,7-9,12,15H,6,10H2,2-4H3. The van der Waals surface area contributed by atoms with Crippen LogP contribution in [0.4, 0.5) is 0 Å². The molecule has 1 aromatic carbocycles. The molecule has 3 heteroatoms. The summed E-state index contributed by atoms with van der Waals surface area (Å²) >= 11 is 0. The van der Waals surface area contributed by atoms with E-state index in [1.807, 2.05) is 18.2 Å². The van der Waals surface area contributed by atoms with Crippen LogP contribution >= 0.6 is 0 Å². The third-order valence-electron chi connectivity index (χ3n) is 2.64. The van der Waals surface area contributed by atoms with Gasteiger partial charge in [-0.1, -0.05) is 18.9 Å². The van der Waals surface area contributed by atoms with Crippen molar-refractivity contribution in [1.29, 1.82) is 0 Å². The molecule has 0 saturated heterocycles. The maximum Gasteiger partial charge on any atom is 0.127 e. The Morgan fingerprint density at radius 3 is 2.65 bits per heavy atom. The number of methoxy groups -OCH3 is 2. The Labute approximate surface area is 103 Å². The Balaban J connectivity index is 2.74. The van der Waals surface area contributed by atoms with Crippen LogP contribution in [0.5, 0.6) is 11.5 Å². The Bertz CT molecular complexity index is 396. The van der Waals surface area contributed by atoms with E-state index in [1.165, 1.54) is 0 Å². The van der Waals surface area contributed by atoms with Gasteiger partial charge in [-0.2, -0.15) is 0 Å². The van der Waals surface area contributed by atoms with Gasteiger partial charge in [0.05, 0.1) is 20.3 Å². The third kappa shape index (κ3) is 3.69. The van der Waals surface area contributed by atoms with E-state index >= 15 is 0 Å². The number of rotatable bonds is 6. The van der Waals surface area contributed by atoms with Crippen molar-refractivity contribution >= 4 is 0 Å². The minimum atomic E-state index is 0.0989. The average Bonchev–Trinajstić information content (AvgIpc) is 2.39. The van der Waals surface area contributed by atoms with E-state index in [0.717, 1.165) is 23.5 Å². The maximum atomic E-state index is 5.40. The quantitative estimate of drug-likeness (QED) is 0.764. The highest BCUT2D eigenvalue weighted by molar-refractivity contribution is 5.40. The number of terminal acetylenes is 1. The molecule has 1 rings (SSSR count). The molecule has 0 heterocycles. The summed E-state index contributed by atoms with van der Waals surface area (Å²) in [4.78, 5) is 0. The molecule has 92 valence electrons. The summed E-state index contributed by atoms with van der Waals surface area (Å²) in [6, 6.07) is 5.86. The molecule has 0 amide bonds. The number of benzene rings is 1. The molecule has 1 N–H and O–H groups in total. The molecule has 0 bridgehead atoms. The maximum absolute atomic E-state index is 5.40. The Morgan fingerprint density at radius 1 is 1.35 bits per heavy atom. The summed E-state index contributed by atoms with van der Waals surface area (Å²) in [5, 5.41) is 3.29. The smallest absolute Gasteiger partial charge is 0.127 e. The molecule has 0 saturated carbocycles. The molecule has 1 unspecified atom stereocenters. The Kier molecular flexibility index (Phi) is 5.38. The van der Waals surface area contributed by atoms with Gasteiger partial charge in [0.15, 0.2) is 0 Å². The van der Waals surface area contributed by atoms with Crippen molar-refractivity contribution in [2.24, 2.45) is 0 Å². The lowest BCUT2D eigenvalue weighted by molar-refractivity contribution is 0.389. The molecule has 0 aliphatic rings. The lowest BCUT2D eigenvalue weighted by atomic mass is 10.1. The molecule has 3 nitrogen and oxygen atoms in total. The predicted molar refractivity (Wildman–Crippen MR) is 69.3 cm³/mol. The van der Waals surface area contributed by atoms with Crippen LogP contribution in [0, 0.1) is 12.3 Å². The second kappa shape index (κ2) is 6.82. The zero-order valence-corrected chi connectivity index (χ0v) is 10.6. The number of hydrogen-bond donors (Lipinski definition) is 1. The highest BCUT2D eigenvalue weighted by Crippen LogP contribution is 2.24. The molecule has 0 radical (unpaired) electrons. The molecule has 1 aromatic rings. The fraction of sp³-hybridized carbons (Fsp3) is 0.429. The van der Waals surface area contributed by atoms with Crippen molar-refractivity contribution in [2.45, 2.75) is 25.9 Å². The lowest BCUT2D eigenvalue weighted by Crippen LogP contribution is -2.26. The fourth-order valence-electron chi connectivity index (χ4n) is 1.55. The van der Waals surface area contributed by atoms with Crippen molar-refractivity contribution in [1.82, 2.24) is 5.32 Å². The number of ether oxygens (including phenoxy) is 2. The number of hydrogen-bond acceptors (Lipinski definition) is 3. The molecule has 0 fully saturated rings. The zero-order valence-electron chi connectivity index (χ0n) is 10.6. The topological polar surface area (TPSA) is 30.5 Å². The molecule has 1 atom stereocenters. The lowest BCUT2D eigenvalue weighted by Gasteiger charge is -2.14. The minimum Gasteiger partial charge on any atom is -0.497 e. The fourth-order valence-corrected chi connectivity index (χ4v) is 1.55. The predicted octanol–water partition coefficient (Wildman–Crippen LogP) is 2.21. The van der Waals surface area contributed by atoms with Crippen LogP contribution in [-0.4, -0.2) is 20.3 Å². The van der Waals surface area contributed by atoms with Crippen LogP contribution in [0.1, 0.15) is 18.9 Å². The van der Waals surface area contributed by atoms with Gasteiger partial charge in [-0.25, -0.2) is 0 Å². The van der Waals surface area contributed by atoms with Crippen LogP contribution in [-0.2, 0) is 6.54 Å². The van der Waals surface area contributed by atoms with Gasteiger partial charge in [0.25, 0.3) is 0 Å². The van der Waals surface area contributed by atoms with E-state index in [2.05, 4.69) is 18.2 Å². The molecule has 0 spiro atoms. The van der Waals surface area contributed by atoms with E-state index < -0.39 is 0 Å². The summed E-state index contributed by atoms with van der Waals surface area (Å²) in [6.07, 6.45) is 6.31. The summed E-state index contributed by atoms with van der Waals surface area (Å²) in [6.45, 7) is 2.75. The van der Waals surface area contributed by atoms with E-state index in [1.54, 1.807) is 14.2 Å². The second-order valence-corrected chi connectivity index (χ2v) is 3.69. The monoisotopic (exact) mass is 233 g/mol. The molecular weight excluding hydrogens is 214 g/mol. The van der Waals surface area contributed by atoms with Crippen LogP contribution in [0.3, 0.4) is 0 Å². The van der Waals surface area contributed by atoms with Gasteiger partial charge in [-0.15, -0.1) is 6.42 Å². The summed E-state index contributed by atoms with van der Waals surface area (Å²) in [5.74, 6) is 4.30. The van der Waals surface area contributed by atoms with Crippen LogP contribution in [0.2, 0.25) is 0 Å². The first kappa shape index (κ1) is 13.4. The van der Waals surface area contributed by atoms with Gasteiger partial charge in [0.2, 0.25) is 0 Å². The van der Waals surface area contributed by atoms with Crippen molar-refractivity contribution in [3.8, 4) is 23.8 Å². The van der Waals surface area contributed by atoms with Crippen molar-refractivity contribution in [3.05, 3.63) is 23.8 Å². The first-order chi connectivity index (χ1) is 8.24. The normalized spacial score (nSPS) is 11.6. The van der Waals surface area contributed by atoms with E-state index in [4.69, 9.17) is 15.9 Å². The first-order valence-corrected chi connectivity index (χ1v) is 5.65. The first-order valence-electron chi connectivity index (χ1n) is 5.65. The largest absolute Gasteiger partial charge is 0.497 e. The second-order valence-electron chi connectivity index (χ2n) is 3.69. The van der Waals surface area contributed by atoms with Gasteiger partial charge in [-0.3, -0.25) is 5.32 Å². The molecular formula is C14H19NO2. The van der Waals surface area contributed by atoms with Crippen molar-refractivity contribution < 1.29 is 9.47 Å². The number of nitrogens with one attached hydrogen (secondary N) is 1. The van der Waals surface area contributed by atoms with E-state index in [-0.39, 0.29) is 6.04 Å². The van der Waals surface area contributed by atoms with Gasteiger partial charge in [-0.05, 0) is 12.5 Å². The highest BCUT2D eigenvalue weighted by atomic mass is 16.5. The summed E-state index contributed by atoms with van der Waals surface area (Å²) in [5.41, 5.74) is 1.07. The minimum absolute atomic E-state index is 0.0989. The summed E-state index contributed by atoms with van der Waals surface area (Å²) in [7, 11) is 3.29. The summed E-state index contributed by atoms with van der Waals surface area (Å²) < 4.78 is 10.5. The van der Waals surface area contributed by atoms with Crippen molar-refractivity contribution in [3.63, 3.8) is 0 Å². The Morgan fingerprint density at radius 2 is 2.12 bits per heavy atom. The third-order valence-corrected chi connectivity index (χ3v) is 2.64. The van der Waals surface area contributed by atoms with Crippen molar-refractivity contribution in [2.75, 3.05) is 14.2 Å². The van der Waals surface area contributed by atoms with E-state index in [9.17, 15) is 0 Å². The van der Waals surface area contributed by atoms with Gasteiger partial charge in [0, 0.05) is 18.2 Å². The zero-order chi connectivity index (χ0) is 12.7. The van der Waals surface area contributed by atoms with Gasteiger partial charge < -0.3 is 9.47 Å².